The molecule has 30 heavy (non-hydrogen) atoms. The van der Waals surface area contributed by atoms with Gasteiger partial charge in [-0.05, 0) is 52.3 Å². The Labute approximate surface area is 185 Å². The van der Waals surface area contributed by atoms with Crippen LogP contribution < -0.4 is 0 Å². The molecule has 1 aliphatic heterocycles. The Morgan fingerprint density at radius 3 is 2.53 bits per heavy atom. The summed E-state index contributed by atoms with van der Waals surface area (Å²) < 4.78 is 12.4. The summed E-state index contributed by atoms with van der Waals surface area (Å²) >= 11 is 12.6. The number of halogens is 2. The third-order valence-electron chi connectivity index (χ3n) is 4.52. The average Bonchev–Trinajstić information content (AvgIpc) is 3.03. The Bertz CT molecular complexity index is 1020. The van der Waals surface area contributed by atoms with Gasteiger partial charge in [-0.1, -0.05) is 29.3 Å². The van der Waals surface area contributed by atoms with Crippen LogP contribution in [0.5, 0.6) is 0 Å². The summed E-state index contributed by atoms with van der Waals surface area (Å²) in [4.78, 5) is 34.5. The van der Waals surface area contributed by atoms with E-state index in [-0.39, 0.29) is 18.2 Å². The second-order valence-corrected chi connectivity index (χ2v) is 8.75. The molecule has 0 amide bonds. The summed E-state index contributed by atoms with van der Waals surface area (Å²) in [6.45, 7) is 9.01. The number of rotatable bonds is 4. The van der Waals surface area contributed by atoms with Crippen molar-refractivity contribution in [3.05, 3.63) is 45.7 Å². The lowest BCUT2D eigenvalue weighted by Gasteiger charge is -2.34. The van der Waals surface area contributed by atoms with Crippen LogP contribution >= 0.6 is 23.2 Å². The molecular formula is C21H23Cl2N3O4. The molecule has 0 radical (unpaired) electrons. The molecule has 0 spiro atoms. The highest BCUT2D eigenvalue weighted by Gasteiger charge is 2.43. The van der Waals surface area contributed by atoms with Crippen LogP contribution in [-0.4, -0.2) is 39.4 Å². The fraction of sp³-hybridized carbons (Fsp3) is 0.429. The smallest absolute Gasteiger partial charge is 0.356 e. The SMILES string of the molecule is CCOC(=O)c1cnc2n1C(c1ccc(Cl)cc1Cl)C(C(=O)OC(C)(C)C)C(C)=N2. The minimum Gasteiger partial charge on any atom is -0.461 e. The van der Waals surface area contributed by atoms with Gasteiger partial charge in [0, 0.05) is 15.8 Å². The molecule has 7 nitrogen and oxygen atoms in total. The summed E-state index contributed by atoms with van der Waals surface area (Å²) in [5, 5.41) is 0.806. The Morgan fingerprint density at radius 1 is 1.23 bits per heavy atom. The number of aliphatic imine (C=N–C) groups is 1. The number of carbonyl (C=O) groups excluding carboxylic acids is 2. The molecule has 9 heteroatoms. The molecular weight excluding hydrogens is 429 g/mol. The van der Waals surface area contributed by atoms with Crippen molar-refractivity contribution in [2.75, 3.05) is 6.61 Å². The third kappa shape index (κ3) is 4.37. The largest absolute Gasteiger partial charge is 0.461 e. The number of benzene rings is 1. The van der Waals surface area contributed by atoms with Crippen molar-refractivity contribution < 1.29 is 19.1 Å². The molecule has 160 valence electrons. The molecule has 2 aromatic rings. The molecule has 0 N–H and O–H groups in total. The van der Waals surface area contributed by atoms with Crippen LogP contribution in [0.25, 0.3) is 0 Å². The van der Waals surface area contributed by atoms with E-state index >= 15 is 0 Å². The quantitative estimate of drug-likeness (QED) is 0.609. The fourth-order valence-corrected chi connectivity index (χ4v) is 3.91. The van der Waals surface area contributed by atoms with E-state index in [1.54, 1.807) is 57.4 Å². The van der Waals surface area contributed by atoms with Gasteiger partial charge >= 0.3 is 11.9 Å². The highest BCUT2D eigenvalue weighted by atomic mass is 35.5. The zero-order chi connectivity index (χ0) is 22.2. The van der Waals surface area contributed by atoms with Crippen molar-refractivity contribution in [3.63, 3.8) is 0 Å². The third-order valence-corrected chi connectivity index (χ3v) is 5.09. The molecule has 0 saturated heterocycles. The number of ether oxygens (including phenoxy) is 2. The molecule has 2 heterocycles. The van der Waals surface area contributed by atoms with Gasteiger partial charge in [-0.15, -0.1) is 0 Å². The molecule has 2 atom stereocenters. The van der Waals surface area contributed by atoms with E-state index in [4.69, 9.17) is 32.7 Å². The highest BCUT2D eigenvalue weighted by Crippen LogP contribution is 2.41. The van der Waals surface area contributed by atoms with Gasteiger partial charge in [0.15, 0.2) is 0 Å². The van der Waals surface area contributed by atoms with E-state index in [0.717, 1.165) is 0 Å². The molecule has 2 unspecified atom stereocenters. The van der Waals surface area contributed by atoms with Crippen molar-refractivity contribution in [3.8, 4) is 0 Å². The summed E-state index contributed by atoms with van der Waals surface area (Å²) in [6, 6.07) is 4.28. The van der Waals surface area contributed by atoms with E-state index in [2.05, 4.69) is 9.98 Å². The first kappa shape index (κ1) is 22.3. The first-order chi connectivity index (χ1) is 14.0. The van der Waals surface area contributed by atoms with Crippen LogP contribution in [-0.2, 0) is 14.3 Å². The Kier molecular flexibility index (Phi) is 6.24. The van der Waals surface area contributed by atoms with Gasteiger partial charge in [0.2, 0.25) is 5.95 Å². The predicted molar refractivity (Wildman–Crippen MR) is 115 cm³/mol. The first-order valence-corrected chi connectivity index (χ1v) is 10.3. The lowest BCUT2D eigenvalue weighted by molar-refractivity contribution is -0.158. The number of hydrogen-bond acceptors (Lipinski definition) is 6. The van der Waals surface area contributed by atoms with E-state index in [9.17, 15) is 9.59 Å². The van der Waals surface area contributed by atoms with Crippen molar-refractivity contribution in [2.45, 2.75) is 46.3 Å². The molecule has 0 bridgehead atoms. The minimum atomic E-state index is -0.822. The Hall–Kier alpha value is -2.38. The Morgan fingerprint density at radius 2 is 1.93 bits per heavy atom. The molecule has 1 aliphatic rings. The topological polar surface area (TPSA) is 82.8 Å². The number of hydrogen-bond donors (Lipinski definition) is 0. The number of aromatic nitrogens is 2. The van der Waals surface area contributed by atoms with Crippen molar-refractivity contribution in [1.82, 2.24) is 9.55 Å². The predicted octanol–water partition coefficient (Wildman–Crippen LogP) is 5.02. The second-order valence-electron chi connectivity index (χ2n) is 7.91. The molecule has 1 aromatic carbocycles. The molecule has 3 rings (SSSR count). The number of carbonyl (C=O) groups is 2. The zero-order valence-corrected chi connectivity index (χ0v) is 18.9. The van der Waals surface area contributed by atoms with Crippen LogP contribution in [0.3, 0.4) is 0 Å². The maximum absolute atomic E-state index is 13.2. The van der Waals surface area contributed by atoms with E-state index in [1.165, 1.54) is 6.20 Å². The molecule has 1 aromatic heterocycles. The van der Waals surface area contributed by atoms with E-state index in [0.29, 0.717) is 21.3 Å². The Balaban J connectivity index is 2.22. The van der Waals surface area contributed by atoms with Gasteiger partial charge in [-0.2, -0.15) is 0 Å². The number of esters is 2. The molecule has 0 fully saturated rings. The van der Waals surface area contributed by atoms with Crippen LogP contribution in [0, 0.1) is 5.92 Å². The average molecular weight is 452 g/mol. The van der Waals surface area contributed by atoms with E-state index in [1.807, 2.05) is 0 Å². The van der Waals surface area contributed by atoms with Gasteiger partial charge in [0.05, 0.1) is 18.8 Å². The summed E-state index contributed by atoms with van der Waals surface area (Å²) in [5.41, 5.74) is 0.572. The maximum atomic E-state index is 13.2. The van der Waals surface area contributed by atoms with Crippen LogP contribution in [0.1, 0.15) is 56.7 Å². The van der Waals surface area contributed by atoms with Gasteiger partial charge in [-0.25, -0.2) is 14.8 Å². The van der Waals surface area contributed by atoms with Crippen molar-refractivity contribution in [1.29, 1.82) is 0 Å². The maximum Gasteiger partial charge on any atom is 0.356 e. The minimum absolute atomic E-state index is 0.174. The molecule has 0 saturated carbocycles. The van der Waals surface area contributed by atoms with Gasteiger partial charge in [0.25, 0.3) is 0 Å². The van der Waals surface area contributed by atoms with Crippen LogP contribution in [0.4, 0.5) is 5.95 Å². The van der Waals surface area contributed by atoms with E-state index < -0.39 is 29.5 Å². The van der Waals surface area contributed by atoms with Crippen molar-refractivity contribution in [2.24, 2.45) is 10.9 Å². The summed E-state index contributed by atoms with van der Waals surface area (Å²) in [7, 11) is 0. The fourth-order valence-electron chi connectivity index (χ4n) is 3.39. The van der Waals surface area contributed by atoms with Crippen LogP contribution in [0.15, 0.2) is 29.4 Å². The van der Waals surface area contributed by atoms with Crippen LogP contribution in [0.2, 0.25) is 10.0 Å². The zero-order valence-electron chi connectivity index (χ0n) is 17.4. The van der Waals surface area contributed by atoms with Crippen molar-refractivity contribution >= 4 is 46.8 Å². The second kappa shape index (κ2) is 8.40. The monoisotopic (exact) mass is 451 g/mol. The van der Waals surface area contributed by atoms with Gasteiger partial charge in [0.1, 0.15) is 17.2 Å². The summed E-state index contributed by atoms with van der Waals surface area (Å²) in [6.07, 6.45) is 1.39. The number of fused-ring (bicyclic) bond motifs is 1. The number of imidazole rings is 1. The normalized spacial score (nSPS) is 18.4. The highest BCUT2D eigenvalue weighted by molar-refractivity contribution is 6.35. The summed E-state index contributed by atoms with van der Waals surface area (Å²) in [5.74, 6) is -1.58. The molecule has 0 aliphatic carbocycles. The lowest BCUT2D eigenvalue weighted by atomic mass is 9.87. The van der Waals surface area contributed by atoms with Gasteiger partial charge in [-0.3, -0.25) is 9.36 Å². The first-order valence-electron chi connectivity index (χ1n) is 9.50. The standard InChI is InChI=1S/C21H23Cl2N3O4/c1-6-29-18(27)15-10-24-20-25-11(2)16(19(28)30-21(3,4)5)17(26(15)20)13-8-7-12(22)9-14(13)23/h7-10,16-17H,6H2,1-5H3. The number of nitrogens with zero attached hydrogens (tertiary/aromatic N) is 3. The lowest BCUT2D eigenvalue weighted by Crippen LogP contribution is -2.40. The van der Waals surface area contributed by atoms with Gasteiger partial charge < -0.3 is 9.47 Å².